The van der Waals surface area contributed by atoms with Gasteiger partial charge in [-0.15, -0.1) is 10.2 Å². The maximum atomic E-state index is 13.2. The molecule has 5 atom stereocenters. The number of imide groups is 1. The number of thioether (sulfide) groups is 1. The van der Waals surface area contributed by atoms with Gasteiger partial charge in [-0.3, -0.25) is 9.59 Å². The summed E-state index contributed by atoms with van der Waals surface area (Å²) in [5, 5.41) is 20.9. The van der Waals surface area contributed by atoms with Gasteiger partial charge in [0.1, 0.15) is 19.0 Å². The van der Waals surface area contributed by atoms with Crippen molar-refractivity contribution in [3.8, 4) is 0 Å². The lowest BCUT2D eigenvalue weighted by Crippen LogP contribution is -2.42. The number of hydrogen-bond donors (Lipinski definition) is 2. The van der Waals surface area contributed by atoms with E-state index in [0.717, 1.165) is 26.7 Å². The number of carbonyl (C=O) groups excluding carboxylic acids is 3. The molecule has 2 saturated heterocycles. The molecule has 13 heteroatoms. The van der Waals surface area contributed by atoms with Gasteiger partial charge in [0, 0.05) is 24.3 Å². The van der Waals surface area contributed by atoms with E-state index in [2.05, 4.69) is 22.4 Å². The Bertz CT molecular complexity index is 1700. The molecule has 6 rings (SSSR count). The Labute approximate surface area is 276 Å². The summed E-state index contributed by atoms with van der Waals surface area (Å²) in [6.07, 6.45) is -0.542. The van der Waals surface area contributed by atoms with Gasteiger partial charge in [0.2, 0.25) is 5.91 Å². The highest BCUT2D eigenvalue weighted by Crippen LogP contribution is 2.43. The van der Waals surface area contributed by atoms with Gasteiger partial charge in [0.25, 0.3) is 5.91 Å². The molecule has 3 amide bonds. The number of aliphatic hydroxyl groups excluding tert-OH is 1. The molecule has 244 valence electrons. The van der Waals surface area contributed by atoms with Gasteiger partial charge in [-0.2, -0.15) is 0 Å². The fourth-order valence-electron chi connectivity index (χ4n) is 5.57. The second-order valence-corrected chi connectivity index (χ2v) is 12.5. The van der Waals surface area contributed by atoms with Crippen LogP contribution in [0.1, 0.15) is 48.0 Å². The lowest BCUT2D eigenvalue weighted by molar-refractivity contribution is -0.268. The summed E-state index contributed by atoms with van der Waals surface area (Å²) in [6, 6.07) is 22.7. The van der Waals surface area contributed by atoms with Crippen LogP contribution in [0.25, 0.3) is 0 Å². The van der Waals surface area contributed by atoms with Gasteiger partial charge in [-0.05, 0) is 28.8 Å². The van der Waals surface area contributed by atoms with Crippen LogP contribution in [0.15, 0.2) is 90.3 Å². The molecule has 1 unspecified atom stereocenters. The molecule has 0 saturated carbocycles. The molecule has 2 N–H and O–H groups in total. The molecule has 2 aliphatic heterocycles. The van der Waals surface area contributed by atoms with Crippen molar-refractivity contribution in [1.29, 1.82) is 0 Å². The molecular formula is C34H35N5O7S. The number of amides is 3. The van der Waals surface area contributed by atoms with Crippen molar-refractivity contribution in [2.24, 2.45) is 13.0 Å². The number of nitrogens with one attached hydrogen (secondary N) is 1. The van der Waals surface area contributed by atoms with Gasteiger partial charge >= 0.3 is 6.09 Å². The van der Waals surface area contributed by atoms with Crippen LogP contribution in [-0.4, -0.2) is 55.7 Å². The minimum atomic E-state index is -1.03. The van der Waals surface area contributed by atoms with Gasteiger partial charge in [0.15, 0.2) is 11.4 Å². The van der Waals surface area contributed by atoms with E-state index in [-0.39, 0.29) is 37.8 Å². The summed E-state index contributed by atoms with van der Waals surface area (Å²) in [5.74, 6) is -0.376. The molecule has 47 heavy (non-hydrogen) atoms. The molecule has 2 fully saturated rings. The van der Waals surface area contributed by atoms with Crippen LogP contribution < -0.4 is 10.2 Å². The molecule has 0 bridgehead atoms. The van der Waals surface area contributed by atoms with Crippen molar-refractivity contribution in [1.82, 2.24) is 20.1 Å². The van der Waals surface area contributed by atoms with Crippen molar-refractivity contribution < 1.29 is 33.7 Å². The Morgan fingerprint density at radius 1 is 1.00 bits per heavy atom. The van der Waals surface area contributed by atoms with E-state index in [9.17, 15) is 19.5 Å². The second kappa shape index (κ2) is 14.5. The summed E-state index contributed by atoms with van der Waals surface area (Å²) >= 11 is 1.55. The van der Waals surface area contributed by atoms with Crippen molar-refractivity contribution in [2.75, 3.05) is 10.7 Å². The maximum Gasteiger partial charge on any atom is 0.408 e. The zero-order valence-electron chi connectivity index (χ0n) is 25.9. The Morgan fingerprint density at radius 3 is 2.40 bits per heavy atom. The molecule has 0 aliphatic carbocycles. The van der Waals surface area contributed by atoms with Crippen LogP contribution >= 0.6 is 11.8 Å². The Kier molecular flexibility index (Phi) is 9.97. The molecule has 3 aromatic carbocycles. The first kappa shape index (κ1) is 32.4. The first-order valence-corrected chi connectivity index (χ1v) is 16.2. The summed E-state index contributed by atoms with van der Waals surface area (Å²) in [5.41, 5.74) is 3.66. The smallest absolute Gasteiger partial charge is 0.408 e. The van der Waals surface area contributed by atoms with E-state index in [1.807, 2.05) is 66.2 Å². The van der Waals surface area contributed by atoms with E-state index in [1.165, 1.54) is 0 Å². The number of aliphatic hydroxyl groups is 1. The summed E-state index contributed by atoms with van der Waals surface area (Å²) < 4.78 is 20.1. The van der Waals surface area contributed by atoms with Crippen LogP contribution in [0, 0.1) is 5.92 Å². The number of carbonyl (C=O) groups is 3. The number of ether oxygens (including phenoxy) is 3. The number of nitrogens with zero attached hydrogens (tertiary/aromatic N) is 4. The van der Waals surface area contributed by atoms with Crippen LogP contribution in [0.3, 0.4) is 0 Å². The first-order chi connectivity index (χ1) is 22.8. The number of anilines is 1. The van der Waals surface area contributed by atoms with E-state index in [1.54, 1.807) is 42.4 Å². The third-order valence-electron chi connectivity index (χ3n) is 8.24. The fourth-order valence-corrected chi connectivity index (χ4v) is 6.62. The molecule has 12 nitrogen and oxygen atoms in total. The average molecular weight is 658 g/mol. The predicted octanol–water partition coefficient (Wildman–Crippen LogP) is 4.45. The third kappa shape index (κ3) is 7.38. The summed E-state index contributed by atoms with van der Waals surface area (Å²) in [4.78, 5) is 39.5. The van der Waals surface area contributed by atoms with Gasteiger partial charge in [-0.25, -0.2) is 9.69 Å². The molecule has 3 heterocycles. The highest BCUT2D eigenvalue weighted by molar-refractivity contribution is 7.99. The predicted molar refractivity (Wildman–Crippen MR) is 172 cm³/mol. The van der Waals surface area contributed by atoms with Crippen LogP contribution in [0.5, 0.6) is 0 Å². The topological polar surface area (TPSA) is 145 Å². The number of rotatable bonds is 10. The largest absolute Gasteiger partial charge is 0.445 e. The number of aryl methyl sites for hydroxylation is 1. The number of benzene rings is 3. The summed E-state index contributed by atoms with van der Waals surface area (Å²) in [7, 11) is 1.89. The number of alkyl carbamates (subject to hydrolysis) is 1. The van der Waals surface area contributed by atoms with Gasteiger partial charge in [0.05, 0.1) is 30.9 Å². The minimum absolute atomic E-state index is 0.0186. The Morgan fingerprint density at radius 2 is 1.72 bits per heavy atom. The lowest BCUT2D eigenvalue weighted by atomic mass is 9.91. The number of aromatic nitrogens is 3. The normalized spacial score (nSPS) is 22.8. The van der Waals surface area contributed by atoms with Crippen LogP contribution in [0.4, 0.5) is 10.5 Å². The summed E-state index contributed by atoms with van der Waals surface area (Å²) in [6.45, 7) is 2.08. The van der Waals surface area contributed by atoms with Crippen LogP contribution in [0.2, 0.25) is 0 Å². The van der Waals surface area contributed by atoms with Gasteiger partial charge in [-0.1, -0.05) is 85.4 Å². The maximum absolute atomic E-state index is 13.2. The van der Waals surface area contributed by atoms with Crippen molar-refractivity contribution >= 4 is 35.4 Å². The van der Waals surface area contributed by atoms with E-state index in [4.69, 9.17) is 14.2 Å². The lowest BCUT2D eigenvalue weighted by Gasteiger charge is -2.41. The molecule has 2 aliphatic rings. The highest BCUT2D eigenvalue weighted by Gasteiger charge is 2.42. The third-order valence-corrected chi connectivity index (χ3v) is 9.37. The quantitative estimate of drug-likeness (QED) is 0.185. The zero-order chi connectivity index (χ0) is 32.9. The zero-order valence-corrected chi connectivity index (χ0v) is 26.7. The standard InChI is InChI=1S/C34H35N5O7S/c1-21-28(19-47-33-37-35-20-38(33)2)45-32(46-30(21)24-10-8-22(17-40)9-11-24)25-12-14-26(15-13-25)39-29(41)16-27(31(39)42)36-34(43)44-18-23-6-4-3-5-7-23/h3-15,20-21,27-28,30,32,40H,16-19H2,1-2H3,(H,36,43)/t21-,27?,28+,30+,32+/m1/s1. The average Bonchev–Trinajstić information content (AvgIpc) is 3.63. The Balaban J connectivity index is 1.14. The van der Waals surface area contributed by atoms with Gasteiger partial charge < -0.3 is 29.2 Å². The van der Waals surface area contributed by atoms with Crippen molar-refractivity contribution in [2.45, 2.75) is 56.3 Å². The number of hydrogen-bond acceptors (Lipinski definition) is 10. The molecule has 4 aromatic rings. The molecule has 1 aromatic heterocycles. The fraction of sp³-hybridized carbons (Fsp3) is 0.324. The van der Waals surface area contributed by atoms with Crippen molar-refractivity contribution in [3.05, 3.63) is 107 Å². The first-order valence-electron chi connectivity index (χ1n) is 15.2. The highest BCUT2D eigenvalue weighted by atomic mass is 32.2. The van der Waals surface area contributed by atoms with Crippen molar-refractivity contribution in [3.63, 3.8) is 0 Å². The van der Waals surface area contributed by atoms with E-state index < -0.39 is 30.2 Å². The van der Waals surface area contributed by atoms with Crippen LogP contribution in [-0.2, 0) is 44.1 Å². The molecular weight excluding hydrogens is 622 g/mol. The molecule has 0 spiro atoms. The Hall–Kier alpha value is -4.56. The molecule has 0 radical (unpaired) electrons. The van der Waals surface area contributed by atoms with E-state index >= 15 is 0 Å². The SMILES string of the molecule is C[C@@H]1[C@H](CSc2nncn2C)O[C@H](c2ccc(N3C(=O)CC(NC(=O)OCc4ccccc4)C3=O)cc2)O[C@@H]1c1ccc(CO)cc1. The second-order valence-electron chi connectivity index (χ2n) is 11.5. The minimum Gasteiger partial charge on any atom is -0.445 e. The monoisotopic (exact) mass is 657 g/mol. The van der Waals surface area contributed by atoms with E-state index in [0.29, 0.717) is 17.0 Å².